The van der Waals surface area contributed by atoms with Gasteiger partial charge in [0.2, 0.25) is 5.91 Å². The number of carbonyl (C=O) groups excluding carboxylic acids is 1. The van der Waals surface area contributed by atoms with E-state index in [4.69, 9.17) is 0 Å². The highest BCUT2D eigenvalue weighted by Gasteiger charge is 2.23. The number of amides is 1. The first-order chi connectivity index (χ1) is 11.1. The van der Waals surface area contributed by atoms with E-state index < -0.39 is 0 Å². The number of nitrogens with zero attached hydrogens (tertiary/aromatic N) is 2. The quantitative estimate of drug-likeness (QED) is 0.649. The molecule has 1 unspecified atom stereocenters. The fourth-order valence-electron chi connectivity index (χ4n) is 3.15. The van der Waals surface area contributed by atoms with Gasteiger partial charge in [-0.05, 0) is 23.9 Å². The zero-order chi connectivity index (χ0) is 16.2. The van der Waals surface area contributed by atoms with E-state index in [2.05, 4.69) is 22.9 Å². The molecule has 1 atom stereocenters. The van der Waals surface area contributed by atoms with Crippen molar-refractivity contribution in [3.63, 3.8) is 0 Å². The fourth-order valence-corrected chi connectivity index (χ4v) is 3.15. The molecule has 118 valence electrons. The van der Waals surface area contributed by atoms with Gasteiger partial charge < -0.3 is 15.0 Å². The van der Waals surface area contributed by atoms with Crippen molar-refractivity contribution in [1.82, 2.24) is 14.9 Å². The minimum Gasteiger partial charge on any atom is -0.508 e. The first-order valence-corrected chi connectivity index (χ1v) is 7.87. The first-order valence-electron chi connectivity index (χ1n) is 7.87. The van der Waals surface area contributed by atoms with Crippen LogP contribution in [0.5, 0.6) is 0 Å². The lowest BCUT2D eigenvalue weighted by atomic mass is 9.57. The average Bonchev–Trinajstić information content (AvgIpc) is 3.05. The molecule has 5 nitrogen and oxygen atoms in total. The van der Waals surface area contributed by atoms with Crippen LogP contribution in [0, 0.1) is 0 Å². The van der Waals surface area contributed by atoms with E-state index in [-0.39, 0.29) is 17.6 Å². The lowest BCUT2D eigenvalue weighted by Crippen LogP contribution is -2.44. The van der Waals surface area contributed by atoms with E-state index in [1.54, 1.807) is 12.5 Å². The molecule has 0 fully saturated rings. The van der Waals surface area contributed by atoms with Gasteiger partial charge in [-0.2, -0.15) is 0 Å². The summed E-state index contributed by atoms with van der Waals surface area (Å²) in [4.78, 5) is 16.1. The number of hydrogen-bond donors (Lipinski definition) is 2. The Hall–Kier alpha value is -2.50. The molecule has 1 aliphatic rings. The van der Waals surface area contributed by atoms with Gasteiger partial charge in [0.15, 0.2) is 7.28 Å². The number of benzene rings is 1. The second-order valence-corrected chi connectivity index (χ2v) is 5.95. The molecule has 0 radical (unpaired) electrons. The van der Waals surface area contributed by atoms with Crippen molar-refractivity contribution in [1.29, 1.82) is 0 Å². The van der Waals surface area contributed by atoms with Crippen LogP contribution in [-0.2, 0) is 24.1 Å². The Morgan fingerprint density at radius 3 is 3.13 bits per heavy atom. The van der Waals surface area contributed by atoms with E-state index in [0.29, 0.717) is 13.0 Å². The molecule has 1 aromatic carbocycles. The predicted molar refractivity (Wildman–Crippen MR) is 91.4 cm³/mol. The van der Waals surface area contributed by atoms with Crippen molar-refractivity contribution in [2.24, 2.45) is 0 Å². The molecule has 1 aromatic heterocycles. The zero-order valence-corrected chi connectivity index (χ0v) is 13.0. The maximum absolute atomic E-state index is 12.1. The van der Waals surface area contributed by atoms with Gasteiger partial charge in [0.1, 0.15) is 5.76 Å². The Kier molecular flexibility index (Phi) is 4.51. The molecule has 0 saturated heterocycles. The number of fused-ring (bicyclic) bond motifs is 1. The molecule has 0 aliphatic carbocycles. The van der Waals surface area contributed by atoms with Crippen molar-refractivity contribution in [3.05, 3.63) is 60.2 Å². The third-order valence-electron chi connectivity index (χ3n) is 4.31. The molecule has 1 aliphatic heterocycles. The molecule has 0 bridgehead atoms. The van der Waals surface area contributed by atoms with Crippen LogP contribution in [0.4, 0.5) is 0 Å². The van der Waals surface area contributed by atoms with Gasteiger partial charge in [0, 0.05) is 36.9 Å². The highest BCUT2D eigenvalue weighted by molar-refractivity contribution is 6.38. The monoisotopic (exact) mass is 309 g/mol. The standard InChI is InChI=1S/C17H20BN3O2/c1-12(22)14-4-2-3-13-9-16(18-10-15(13)14)20-17(23)5-7-21-8-6-19-11-21/h2-4,6,8,11,16,18,22H,1,5,7,9-10H2,(H,20,23). The van der Waals surface area contributed by atoms with E-state index >= 15 is 0 Å². The Bertz CT molecular complexity index is 713. The summed E-state index contributed by atoms with van der Waals surface area (Å²) in [5, 5.41) is 12.8. The van der Waals surface area contributed by atoms with Crippen molar-refractivity contribution in [3.8, 4) is 0 Å². The fraction of sp³-hybridized carbons (Fsp3) is 0.294. The highest BCUT2D eigenvalue weighted by Crippen LogP contribution is 2.24. The minimum absolute atomic E-state index is 0.0647. The maximum atomic E-state index is 12.1. The Morgan fingerprint density at radius 1 is 1.52 bits per heavy atom. The number of hydrogen-bond acceptors (Lipinski definition) is 3. The van der Waals surface area contributed by atoms with Crippen LogP contribution < -0.4 is 5.32 Å². The molecule has 6 heteroatoms. The molecule has 1 amide bonds. The average molecular weight is 309 g/mol. The Morgan fingerprint density at radius 2 is 2.39 bits per heavy atom. The highest BCUT2D eigenvalue weighted by atomic mass is 16.3. The van der Waals surface area contributed by atoms with Crippen molar-refractivity contribution in [2.75, 3.05) is 0 Å². The van der Waals surface area contributed by atoms with Crippen LogP contribution in [0.3, 0.4) is 0 Å². The molecular formula is C17H20BN3O2. The van der Waals surface area contributed by atoms with Crippen molar-refractivity contribution >= 4 is 18.9 Å². The van der Waals surface area contributed by atoms with Crippen molar-refractivity contribution in [2.45, 2.75) is 31.6 Å². The van der Waals surface area contributed by atoms with Crippen LogP contribution in [0.2, 0.25) is 0 Å². The van der Waals surface area contributed by atoms with Gasteiger partial charge in [0.05, 0.1) is 6.33 Å². The second kappa shape index (κ2) is 6.73. The molecule has 3 rings (SSSR count). The van der Waals surface area contributed by atoms with E-state index in [1.165, 1.54) is 5.56 Å². The summed E-state index contributed by atoms with van der Waals surface area (Å²) in [6.07, 6.45) is 7.38. The number of aryl methyl sites for hydroxylation is 1. The maximum Gasteiger partial charge on any atom is 0.221 e. The number of carbonyl (C=O) groups is 1. The Labute approximate surface area is 136 Å². The predicted octanol–water partition coefficient (Wildman–Crippen LogP) is 1.44. The number of aliphatic hydroxyl groups is 1. The van der Waals surface area contributed by atoms with Crippen LogP contribution in [0.15, 0.2) is 43.5 Å². The summed E-state index contributed by atoms with van der Waals surface area (Å²) >= 11 is 0. The molecule has 23 heavy (non-hydrogen) atoms. The van der Waals surface area contributed by atoms with Crippen LogP contribution in [0.1, 0.15) is 23.1 Å². The summed E-state index contributed by atoms with van der Waals surface area (Å²) in [5.74, 6) is 0.333. The molecule has 0 spiro atoms. The van der Waals surface area contributed by atoms with Gasteiger partial charge in [0.25, 0.3) is 0 Å². The number of aliphatic hydroxyl groups excluding tert-OH is 1. The molecule has 2 aromatic rings. The lowest BCUT2D eigenvalue weighted by Gasteiger charge is -2.26. The van der Waals surface area contributed by atoms with Gasteiger partial charge in [-0.15, -0.1) is 0 Å². The number of nitrogens with one attached hydrogen (secondary N) is 1. The largest absolute Gasteiger partial charge is 0.508 e. The third kappa shape index (κ3) is 3.64. The number of rotatable bonds is 5. The van der Waals surface area contributed by atoms with Crippen LogP contribution >= 0.6 is 0 Å². The van der Waals surface area contributed by atoms with E-state index in [9.17, 15) is 9.90 Å². The van der Waals surface area contributed by atoms with Gasteiger partial charge in [-0.3, -0.25) is 4.79 Å². The smallest absolute Gasteiger partial charge is 0.221 e. The SMILES string of the molecule is C=C(O)c1cccc2c1CBC(NC(=O)CCn1ccnc1)C2. The van der Waals surface area contributed by atoms with Crippen molar-refractivity contribution < 1.29 is 9.90 Å². The summed E-state index contributed by atoms with van der Waals surface area (Å²) in [6.45, 7) is 4.27. The van der Waals surface area contributed by atoms with Gasteiger partial charge in [-0.1, -0.05) is 24.8 Å². The van der Waals surface area contributed by atoms with Crippen LogP contribution in [-0.4, -0.2) is 33.8 Å². The van der Waals surface area contributed by atoms with Crippen LogP contribution in [0.25, 0.3) is 5.76 Å². The molecule has 2 heterocycles. The zero-order valence-electron chi connectivity index (χ0n) is 13.0. The number of aromatic nitrogens is 2. The summed E-state index contributed by atoms with van der Waals surface area (Å²) in [5.41, 5.74) is 3.17. The molecule has 2 N–H and O–H groups in total. The topological polar surface area (TPSA) is 67.2 Å². The Balaban J connectivity index is 1.58. The van der Waals surface area contributed by atoms with E-state index in [1.807, 2.05) is 22.9 Å². The van der Waals surface area contributed by atoms with Gasteiger partial charge in [-0.25, -0.2) is 4.98 Å². The minimum atomic E-state index is 0.0647. The summed E-state index contributed by atoms with van der Waals surface area (Å²) < 4.78 is 1.90. The first kappa shape index (κ1) is 15.4. The second-order valence-electron chi connectivity index (χ2n) is 5.95. The van der Waals surface area contributed by atoms with E-state index in [0.717, 1.165) is 31.1 Å². The summed E-state index contributed by atoms with van der Waals surface area (Å²) in [7, 11) is 0.883. The molecular weight excluding hydrogens is 289 g/mol. The normalized spacial score (nSPS) is 16.3. The number of imidazole rings is 1. The summed E-state index contributed by atoms with van der Waals surface area (Å²) in [6, 6.07) is 5.88. The third-order valence-corrected chi connectivity index (χ3v) is 4.31. The molecule has 0 saturated carbocycles. The van der Waals surface area contributed by atoms with Gasteiger partial charge >= 0.3 is 0 Å². The lowest BCUT2D eigenvalue weighted by molar-refractivity contribution is -0.121.